The lowest BCUT2D eigenvalue weighted by molar-refractivity contribution is 0.0686. The topological polar surface area (TPSA) is 238 Å². The van der Waals surface area contributed by atoms with Crippen LogP contribution in [0.15, 0.2) is 86.0 Å². The van der Waals surface area contributed by atoms with Crippen LogP contribution in [0.2, 0.25) is 0 Å². The minimum atomic E-state index is -1.49. The third kappa shape index (κ3) is 7.52. The Morgan fingerprint density at radius 1 is 0.731 bits per heavy atom. The number of rotatable bonds is 13. The van der Waals surface area contributed by atoms with Crippen LogP contribution in [0.25, 0.3) is 11.6 Å². The molecule has 262 valence electrons. The van der Waals surface area contributed by atoms with Gasteiger partial charge in [-0.1, -0.05) is 0 Å². The number of hydrogen-bond donors (Lipinski definition) is 4. The minimum Gasteiger partial charge on any atom is -0.493 e. The maximum atomic E-state index is 15.1. The molecule has 0 spiro atoms. The number of aromatic carboxylic acids is 2. The smallest absolute Gasteiger partial charge is 0.337 e. The molecule has 0 saturated carbocycles. The van der Waals surface area contributed by atoms with Crippen molar-refractivity contribution in [2.75, 3.05) is 24.4 Å². The molecule has 0 unspecified atom stereocenters. The number of halogens is 1. The molecule has 6 rings (SSSR count). The highest BCUT2D eigenvalue weighted by Crippen LogP contribution is 2.34. The highest BCUT2D eigenvalue weighted by atomic mass is 19.1. The largest absolute Gasteiger partial charge is 0.493 e. The number of ether oxygens (including phenoxy) is 2. The molecule has 6 aromatic rings. The zero-order valence-electron chi connectivity index (χ0n) is 26.8. The number of nitrogens with zero attached hydrogens (tertiary/aromatic N) is 8. The number of carboxylic acids is 2. The van der Waals surface area contributed by atoms with E-state index in [0.717, 1.165) is 18.2 Å². The van der Waals surface area contributed by atoms with Crippen molar-refractivity contribution >= 4 is 35.1 Å². The molecule has 2 aromatic carbocycles. The lowest BCUT2D eigenvalue weighted by atomic mass is 10.1. The Morgan fingerprint density at radius 2 is 1.27 bits per heavy atom. The Kier molecular flexibility index (Phi) is 9.83. The molecule has 19 heteroatoms. The first-order valence-electron chi connectivity index (χ1n) is 15.0. The Morgan fingerprint density at radius 3 is 1.73 bits per heavy atom. The average Bonchev–Trinajstić information content (AvgIpc) is 3.89. The second-order valence-electron chi connectivity index (χ2n) is 10.6. The van der Waals surface area contributed by atoms with E-state index in [0.29, 0.717) is 11.6 Å². The fourth-order valence-electron chi connectivity index (χ4n) is 4.80. The first-order chi connectivity index (χ1) is 25.1. The van der Waals surface area contributed by atoms with Crippen molar-refractivity contribution in [1.82, 2.24) is 39.5 Å². The van der Waals surface area contributed by atoms with Crippen LogP contribution in [-0.4, -0.2) is 87.2 Å². The maximum absolute atomic E-state index is 15.1. The molecular weight excluding hydrogens is 683 g/mol. The number of anilines is 2. The van der Waals surface area contributed by atoms with Gasteiger partial charge in [-0.15, -0.1) is 20.4 Å². The number of nitrogens with one attached hydrogen (secondary N) is 2. The van der Waals surface area contributed by atoms with Gasteiger partial charge in [0.05, 0.1) is 36.2 Å². The molecule has 52 heavy (non-hydrogen) atoms. The molecule has 0 aliphatic rings. The number of imidazole rings is 2. The summed E-state index contributed by atoms with van der Waals surface area (Å²) >= 11 is 0. The first-order valence-corrected chi connectivity index (χ1v) is 15.0. The van der Waals surface area contributed by atoms with Crippen LogP contribution in [0.5, 0.6) is 11.5 Å². The number of benzene rings is 2. The van der Waals surface area contributed by atoms with Gasteiger partial charge in [0, 0.05) is 43.3 Å². The van der Waals surface area contributed by atoms with Crippen LogP contribution in [0.1, 0.15) is 47.3 Å². The molecule has 0 bridgehead atoms. The van der Waals surface area contributed by atoms with E-state index >= 15 is 4.39 Å². The van der Waals surface area contributed by atoms with E-state index in [1.165, 1.54) is 56.3 Å². The highest BCUT2D eigenvalue weighted by Gasteiger charge is 2.22. The van der Waals surface area contributed by atoms with Crippen molar-refractivity contribution < 1.29 is 43.3 Å². The summed E-state index contributed by atoms with van der Waals surface area (Å²) in [4.78, 5) is 57.7. The lowest BCUT2D eigenvalue weighted by Gasteiger charge is -2.16. The van der Waals surface area contributed by atoms with Crippen LogP contribution >= 0.6 is 0 Å². The number of carboxylic acid groups (broad SMARTS) is 2. The SMILES string of the molecule is COc1cc(NC(=O)c2ccc(-n3ccnc3)nn2)c(C(=O)O)cc1OCCc1cc(NC(=O)c2ccc(-n3ccnc3)nn2)c(C(=O)O)cc1F. The van der Waals surface area contributed by atoms with Crippen molar-refractivity contribution in [2.45, 2.75) is 6.42 Å². The second-order valence-corrected chi connectivity index (χ2v) is 10.6. The van der Waals surface area contributed by atoms with Gasteiger partial charge in [0.2, 0.25) is 0 Å². The number of hydrogen-bond acceptors (Lipinski definition) is 12. The molecule has 0 aliphatic carbocycles. The highest BCUT2D eigenvalue weighted by molar-refractivity contribution is 6.08. The van der Waals surface area contributed by atoms with Crippen LogP contribution in [-0.2, 0) is 6.42 Å². The van der Waals surface area contributed by atoms with Crippen molar-refractivity contribution in [1.29, 1.82) is 0 Å². The third-order valence-electron chi connectivity index (χ3n) is 7.38. The van der Waals surface area contributed by atoms with E-state index in [2.05, 4.69) is 41.0 Å². The molecular formula is C33H25FN10O8. The summed E-state index contributed by atoms with van der Waals surface area (Å²) in [5.74, 6) is -4.53. The van der Waals surface area contributed by atoms with E-state index < -0.39 is 35.1 Å². The Bertz CT molecular complexity index is 2260. The Labute approximate surface area is 291 Å². The van der Waals surface area contributed by atoms with Crippen LogP contribution in [0.4, 0.5) is 15.8 Å². The van der Waals surface area contributed by atoms with Crippen LogP contribution in [0, 0.1) is 5.82 Å². The number of methoxy groups -OCH3 is 1. The third-order valence-corrected chi connectivity index (χ3v) is 7.38. The van der Waals surface area contributed by atoms with E-state index in [4.69, 9.17) is 9.47 Å². The minimum absolute atomic E-state index is 0.0247. The first kappa shape index (κ1) is 34.3. The van der Waals surface area contributed by atoms with Crippen LogP contribution in [0.3, 0.4) is 0 Å². The lowest BCUT2D eigenvalue weighted by Crippen LogP contribution is -2.18. The normalized spacial score (nSPS) is 10.7. The summed E-state index contributed by atoms with van der Waals surface area (Å²) in [6, 6.07) is 10.1. The molecule has 2 amide bonds. The van der Waals surface area contributed by atoms with E-state index in [-0.39, 0.29) is 58.4 Å². The van der Waals surface area contributed by atoms with Crippen molar-refractivity contribution in [3.05, 3.63) is 120 Å². The molecule has 0 aliphatic heterocycles. The predicted molar refractivity (Wildman–Crippen MR) is 177 cm³/mol. The monoisotopic (exact) mass is 708 g/mol. The van der Waals surface area contributed by atoms with Gasteiger partial charge in [0.15, 0.2) is 34.5 Å². The van der Waals surface area contributed by atoms with Crippen molar-refractivity contribution in [3.63, 3.8) is 0 Å². The molecule has 0 saturated heterocycles. The van der Waals surface area contributed by atoms with Gasteiger partial charge in [-0.2, -0.15) is 0 Å². The van der Waals surface area contributed by atoms with Gasteiger partial charge in [-0.3, -0.25) is 18.7 Å². The van der Waals surface area contributed by atoms with Crippen LogP contribution < -0.4 is 20.1 Å². The van der Waals surface area contributed by atoms with Gasteiger partial charge in [0.1, 0.15) is 18.5 Å². The number of amides is 2. The van der Waals surface area contributed by atoms with E-state index in [1.807, 2.05) is 0 Å². The van der Waals surface area contributed by atoms with Crippen molar-refractivity contribution in [2.24, 2.45) is 0 Å². The summed E-state index contributed by atoms with van der Waals surface area (Å²) in [7, 11) is 1.30. The molecule has 0 fully saturated rings. The van der Waals surface area contributed by atoms with E-state index in [1.54, 1.807) is 27.7 Å². The molecule has 18 nitrogen and oxygen atoms in total. The van der Waals surface area contributed by atoms with Gasteiger partial charge < -0.3 is 30.3 Å². The van der Waals surface area contributed by atoms with Gasteiger partial charge in [0.25, 0.3) is 11.8 Å². The Balaban J connectivity index is 1.16. The van der Waals surface area contributed by atoms with Crippen molar-refractivity contribution in [3.8, 4) is 23.1 Å². The zero-order chi connectivity index (χ0) is 36.8. The Hall–Kier alpha value is -7.57. The zero-order valence-corrected chi connectivity index (χ0v) is 26.8. The summed E-state index contributed by atoms with van der Waals surface area (Å²) in [6.45, 7) is -0.238. The number of aromatic nitrogens is 8. The fourth-order valence-corrected chi connectivity index (χ4v) is 4.80. The predicted octanol–water partition coefficient (Wildman–Crippen LogP) is 3.31. The molecule has 4 N–H and O–H groups in total. The summed E-state index contributed by atoms with van der Waals surface area (Å²) in [5, 5.41) is 40.2. The molecule has 0 radical (unpaired) electrons. The molecule has 0 atom stereocenters. The second kappa shape index (κ2) is 14.9. The molecule has 4 aromatic heterocycles. The van der Waals surface area contributed by atoms with E-state index in [9.17, 15) is 29.4 Å². The van der Waals surface area contributed by atoms with Gasteiger partial charge in [-0.05, 0) is 42.0 Å². The fraction of sp³-hybridized carbons (Fsp3) is 0.0909. The number of carbonyl (C=O) groups is 4. The molecule has 4 heterocycles. The summed E-state index contributed by atoms with van der Waals surface area (Å²) in [5.41, 5.74) is -1.45. The summed E-state index contributed by atoms with van der Waals surface area (Å²) < 4.78 is 29.3. The quantitative estimate of drug-likeness (QED) is 0.135. The average molecular weight is 709 g/mol. The van der Waals surface area contributed by atoms with Gasteiger partial charge >= 0.3 is 11.9 Å². The van der Waals surface area contributed by atoms with Gasteiger partial charge in [-0.25, -0.2) is 23.9 Å². The number of carbonyl (C=O) groups excluding carboxylic acids is 2. The standard InChI is InChI=1S/C33H25FN10O8/c1-51-26-15-25(38-31(46)23-3-5-29(42-40-23)44-10-8-36-17-44)20(33(49)50)14-27(26)52-11-6-18-12-24(19(32(47)48)13-21(18)34)37-30(45)22-2-4-28(41-39-22)43-9-7-35-16-43/h2-5,7-10,12-17H,6,11H2,1H3,(H,37,45)(H,38,46)(H,47,48)(H,49,50). The maximum Gasteiger partial charge on any atom is 0.337 e. The summed E-state index contributed by atoms with van der Waals surface area (Å²) in [6.07, 6.45) is 9.21.